The van der Waals surface area contributed by atoms with Gasteiger partial charge in [-0.15, -0.1) is 0 Å². The van der Waals surface area contributed by atoms with Crippen molar-refractivity contribution in [3.05, 3.63) is 29.8 Å². The molecule has 1 aliphatic heterocycles. The third kappa shape index (κ3) is 3.78. The maximum Gasteiger partial charge on any atom is 0.161 e. The van der Waals surface area contributed by atoms with Gasteiger partial charge in [-0.1, -0.05) is 12.1 Å². The number of aryl methyl sites for hydroxylation is 1. The lowest BCUT2D eigenvalue weighted by Gasteiger charge is -2.11. The zero-order chi connectivity index (χ0) is 13.7. The van der Waals surface area contributed by atoms with Crippen molar-refractivity contribution in [2.45, 2.75) is 37.9 Å². The molecule has 2 atom stereocenters. The molecule has 2 N–H and O–H groups in total. The Hall–Kier alpha value is -1.39. The molecule has 1 aromatic carbocycles. The number of hydrogen-bond acceptors (Lipinski definition) is 4. The Morgan fingerprint density at radius 1 is 1.37 bits per heavy atom. The normalized spacial score (nSPS) is 22.4. The zero-order valence-corrected chi connectivity index (χ0v) is 11.3. The van der Waals surface area contributed by atoms with Crippen LogP contribution in [0.15, 0.2) is 24.3 Å². The summed E-state index contributed by atoms with van der Waals surface area (Å²) in [6.45, 7) is 0.502. The summed E-state index contributed by atoms with van der Waals surface area (Å²) in [5.74, 6) is 1.02. The average Bonchev–Trinajstić information content (AvgIpc) is 2.94. The topological polar surface area (TPSA) is 61.5 Å². The minimum Gasteiger partial charge on any atom is -0.497 e. The van der Waals surface area contributed by atoms with Gasteiger partial charge in [0.15, 0.2) is 5.78 Å². The number of rotatable bonds is 6. The van der Waals surface area contributed by atoms with Crippen molar-refractivity contribution in [2.75, 3.05) is 13.7 Å². The van der Waals surface area contributed by atoms with Gasteiger partial charge in [0.2, 0.25) is 0 Å². The van der Waals surface area contributed by atoms with Crippen molar-refractivity contribution in [3.63, 3.8) is 0 Å². The minimum atomic E-state index is -0.244. The van der Waals surface area contributed by atoms with Gasteiger partial charge in [0.05, 0.1) is 13.2 Å². The second-order valence-electron chi connectivity index (χ2n) is 4.87. The maximum absolute atomic E-state index is 12.0. The Bertz CT molecular complexity index is 416. The molecular formula is C15H21NO3. The van der Waals surface area contributed by atoms with Crippen LogP contribution in [0.5, 0.6) is 5.75 Å². The summed E-state index contributed by atoms with van der Waals surface area (Å²) in [4.78, 5) is 12.0. The fourth-order valence-electron chi connectivity index (χ4n) is 2.34. The van der Waals surface area contributed by atoms with E-state index in [0.717, 1.165) is 30.6 Å². The molecule has 4 heteroatoms. The fraction of sp³-hybridized carbons (Fsp3) is 0.533. The van der Waals surface area contributed by atoms with Crippen LogP contribution < -0.4 is 10.5 Å². The molecule has 0 bridgehead atoms. The van der Waals surface area contributed by atoms with Gasteiger partial charge in [0.25, 0.3) is 0 Å². The summed E-state index contributed by atoms with van der Waals surface area (Å²) in [6.07, 6.45) is 2.80. The van der Waals surface area contributed by atoms with Gasteiger partial charge < -0.3 is 15.2 Å². The van der Waals surface area contributed by atoms with E-state index in [-0.39, 0.29) is 18.0 Å². The first kappa shape index (κ1) is 14.0. The number of ether oxygens (including phenoxy) is 2. The molecule has 1 aromatic rings. The van der Waals surface area contributed by atoms with E-state index in [1.807, 2.05) is 24.3 Å². The lowest BCUT2D eigenvalue weighted by atomic mass is 10.0. The Kier molecular flexibility index (Phi) is 4.93. The highest BCUT2D eigenvalue weighted by molar-refractivity contribution is 5.83. The molecule has 0 amide bonds. The van der Waals surface area contributed by atoms with E-state index in [4.69, 9.17) is 15.2 Å². The third-order valence-corrected chi connectivity index (χ3v) is 3.55. The highest BCUT2D eigenvalue weighted by Crippen LogP contribution is 2.21. The van der Waals surface area contributed by atoms with Crippen LogP contribution in [0.3, 0.4) is 0 Å². The number of hydrogen-bond donors (Lipinski definition) is 1. The van der Waals surface area contributed by atoms with E-state index in [9.17, 15) is 4.79 Å². The van der Waals surface area contributed by atoms with Crippen LogP contribution in [0.1, 0.15) is 24.8 Å². The first-order valence-corrected chi connectivity index (χ1v) is 6.74. The van der Waals surface area contributed by atoms with Crippen molar-refractivity contribution in [2.24, 2.45) is 5.73 Å². The molecule has 104 valence electrons. The summed E-state index contributed by atoms with van der Waals surface area (Å²) < 4.78 is 10.7. The maximum atomic E-state index is 12.0. The molecule has 2 rings (SSSR count). The number of carbonyl (C=O) groups is 1. The van der Waals surface area contributed by atoms with E-state index in [1.54, 1.807) is 7.11 Å². The molecule has 1 saturated heterocycles. The third-order valence-electron chi connectivity index (χ3n) is 3.55. The van der Waals surface area contributed by atoms with Gasteiger partial charge in [0.1, 0.15) is 11.9 Å². The second-order valence-corrected chi connectivity index (χ2v) is 4.87. The van der Waals surface area contributed by atoms with Crippen LogP contribution in [-0.4, -0.2) is 31.6 Å². The van der Waals surface area contributed by atoms with Gasteiger partial charge in [0, 0.05) is 13.0 Å². The first-order chi connectivity index (χ1) is 9.22. The highest BCUT2D eigenvalue weighted by Gasteiger charge is 2.29. The van der Waals surface area contributed by atoms with Crippen molar-refractivity contribution >= 4 is 5.78 Å². The Labute approximate surface area is 113 Å². The molecular weight excluding hydrogens is 242 g/mol. The molecule has 0 saturated carbocycles. The highest BCUT2D eigenvalue weighted by atomic mass is 16.5. The van der Waals surface area contributed by atoms with Crippen LogP contribution in [0, 0.1) is 0 Å². The predicted molar refractivity (Wildman–Crippen MR) is 73.3 cm³/mol. The molecule has 0 radical (unpaired) electrons. The number of nitrogens with two attached hydrogens (primary N) is 1. The fourth-order valence-corrected chi connectivity index (χ4v) is 2.34. The van der Waals surface area contributed by atoms with E-state index in [1.165, 1.54) is 0 Å². The van der Waals surface area contributed by atoms with Crippen LogP contribution in [0.25, 0.3) is 0 Å². The molecule has 0 spiro atoms. The summed E-state index contributed by atoms with van der Waals surface area (Å²) in [5, 5.41) is 0. The summed E-state index contributed by atoms with van der Waals surface area (Å²) in [7, 11) is 1.64. The van der Waals surface area contributed by atoms with E-state index < -0.39 is 0 Å². The number of methoxy groups -OCH3 is 1. The van der Waals surface area contributed by atoms with Gasteiger partial charge >= 0.3 is 0 Å². The number of Topliss-reactive ketones (excluding diaryl/α,β-unsaturated/α-hetero) is 1. The molecule has 1 fully saturated rings. The molecule has 1 aliphatic rings. The molecule has 0 aromatic heterocycles. The molecule has 2 unspecified atom stereocenters. The minimum absolute atomic E-state index is 0.0648. The smallest absolute Gasteiger partial charge is 0.161 e. The van der Waals surface area contributed by atoms with Crippen LogP contribution in [-0.2, 0) is 16.0 Å². The summed E-state index contributed by atoms with van der Waals surface area (Å²) in [5.41, 5.74) is 6.68. The number of ketones is 1. The van der Waals surface area contributed by atoms with Gasteiger partial charge in [-0.25, -0.2) is 0 Å². The zero-order valence-electron chi connectivity index (χ0n) is 11.3. The Balaban J connectivity index is 1.80. The number of carbonyl (C=O) groups excluding carboxylic acids is 1. The van der Waals surface area contributed by atoms with Crippen molar-refractivity contribution < 1.29 is 14.3 Å². The van der Waals surface area contributed by atoms with Gasteiger partial charge in [-0.2, -0.15) is 0 Å². The lowest BCUT2D eigenvalue weighted by Crippen LogP contribution is -2.25. The Morgan fingerprint density at radius 2 is 2.11 bits per heavy atom. The van der Waals surface area contributed by atoms with E-state index in [2.05, 4.69) is 0 Å². The molecule has 0 aliphatic carbocycles. The summed E-state index contributed by atoms with van der Waals surface area (Å²) in [6, 6.07) is 7.81. The summed E-state index contributed by atoms with van der Waals surface area (Å²) >= 11 is 0. The van der Waals surface area contributed by atoms with Crippen LogP contribution in [0.2, 0.25) is 0 Å². The van der Waals surface area contributed by atoms with E-state index in [0.29, 0.717) is 13.0 Å². The SMILES string of the molecule is COc1ccc(CCC(=O)C2CCC(CN)O2)cc1. The van der Waals surface area contributed by atoms with E-state index >= 15 is 0 Å². The monoisotopic (exact) mass is 263 g/mol. The first-order valence-electron chi connectivity index (χ1n) is 6.74. The second kappa shape index (κ2) is 6.68. The van der Waals surface area contributed by atoms with Crippen molar-refractivity contribution in [3.8, 4) is 5.75 Å². The van der Waals surface area contributed by atoms with Crippen molar-refractivity contribution in [1.82, 2.24) is 0 Å². The van der Waals surface area contributed by atoms with Crippen molar-refractivity contribution in [1.29, 1.82) is 0 Å². The van der Waals surface area contributed by atoms with Gasteiger partial charge in [-0.3, -0.25) is 4.79 Å². The largest absolute Gasteiger partial charge is 0.497 e. The van der Waals surface area contributed by atoms with Gasteiger partial charge in [-0.05, 0) is 37.0 Å². The molecule has 19 heavy (non-hydrogen) atoms. The number of benzene rings is 1. The standard InChI is InChI=1S/C15H21NO3/c1-18-12-5-2-11(3-6-12)4-8-14(17)15-9-7-13(10-16)19-15/h2-3,5-6,13,15H,4,7-10,16H2,1H3. The Morgan fingerprint density at radius 3 is 2.68 bits per heavy atom. The van der Waals surface area contributed by atoms with Crippen LogP contribution in [0.4, 0.5) is 0 Å². The molecule has 4 nitrogen and oxygen atoms in total. The van der Waals surface area contributed by atoms with Crippen LogP contribution >= 0.6 is 0 Å². The lowest BCUT2D eigenvalue weighted by molar-refractivity contribution is -0.129. The quantitative estimate of drug-likeness (QED) is 0.848. The predicted octanol–water partition coefficient (Wildman–Crippen LogP) is 1.70. The average molecular weight is 263 g/mol. The molecule has 1 heterocycles.